The third-order valence-electron chi connectivity index (χ3n) is 2.73. The van der Waals surface area contributed by atoms with Gasteiger partial charge in [0, 0.05) is 13.1 Å². The van der Waals surface area contributed by atoms with Crippen molar-refractivity contribution in [2.75, 3.05) is 25.1 Å². The van der Waals surface area contributed by atoms with Crippen LogP contribution in [-0.4, -0.2) is 53.9 Å². The molecule has 2 amide bonds. The van der Waals surface area contributed by atoms with Gasteiger partial charge in [-0.2, -0.15) is 11.8 Å². The molecule has 1 fully saturated rings. The monoisotopic (exact) mass is 245 g/mol. The maximum absolute atomic E-state index is 12.0. The van der Waals surface area contributed by atoms with Crippen LogP contribution in [0.25, 0.3) is 0 Å². The van der Waals surface area contributed by atoms with Crippen molar-refractivity contribution in [3.8, 4) is 0 Å². The first kappa shape index (κ1) is 13.3. The standard InChI is InChI=1S/C10H19N3O2S/c1-7-9(14)12-4-5-13(7)10(15)8(11)3-6-16-2/h7-8H,3-6,11H2,1-2H3,(H,12,14)/t7?,8-/m1/s1. The van der Waals surface area contributed by atoms with Crippen molar-refractivity contribution in [1.82, 2.24) is 10.2 Å². The molecule has 5 nitrogen and oxygen atoms in total. The van der Waals surface area contributed by atoms with Gasteiger partial charge in [-0.15, -0.1) is 0 Å². The molecule has 0 aromatic carbocycles. The summed E-state index contributed by atoms with van der Waals surface area (Å²) in [6.45, 7) is 2.80. The minimum absolute atomic E-state index is 0.100. The molecule has 92 valence electrons. The van der Waals surface area contributed by atoms with E-state index in [1.807, 2.05) is 6.26 Å². The molecule has 0 saturated carbocycles. The average molecular weight is 245 g/mol. The molecule has 2 atom stereocenters. The van der Waals surface area contributed by atoms with Crippen molar-refractivity contribution in [3.05, 3.63) is 0 Å². The van der Waals surface area contributed by atoms with Gasteiger partial charge < -0.3 is 16.0 Å². The SMILES string of the molecule is CSCC[C@@H](N)C(=O)N1CCNC(=O)C1C. The van der Waals surface area contributed by atoms with Crippen LogP contribution in [0.5, 0.6) is 0 Å². The van der Waals surface area contributed by atoms with Crippen molar-refractivity contribution in [2.24, 2.45) is 5.73 Å². The highest BCUT2D eigenvalue weighted by molar-refractivity contribution is 7.98. The Labute approximate surface area is 100 Å². The predicted molar refractivity (Wildman–Crippen MR) is 65.2 cm³/mol. The Kier molecular flexibility index (Phi) is 5.08. The van der Waals surface area contributed by atoms with Crippen molar-refractivity contribution in [2.45, 2.75) is 25.4 Å². The number of thioether (sulfide) groups is 1. The summed E-state index contributed by atoms with van der Waals surface area (Å²) in [5.41, 5.74) is 5.81. The Bertz CT molecular complexity index is 273. The zero-order valence-corrected chi connectivity index (χ0v) is 10.5. The van der Waals surface area contributed by atoms with Crippen LogP contribution < -0.4 is 11.1 Å². The lowest BCUT2D eigenvalue weighted by Crippen LogP contribution is -2.59. The molecular weight excluding hydrogens is 226 g/mol. The number of carbonyl (C=O) groups excluding carboxylic acids is 2. The Balaban J connectivity index is 2.54. The Hall–Kier alpha value is -0.750. The minimum atomic E-state index is -0.485. The molecule has 1 aliphatic heterocycles. The van der Waals surface area contributed by atoms with Crippen LogP contribution in [0.1, 0.15) is 13.3 Å². The number of amides is 2. The molecule has 0 aromatic rings. The smallest absolute Gasteiger partial charge is 0.242 e. The van der Waals surface area contributed by atoms with Gasteiger partial charge in [-0.3, -0.25) is 9.59 Å². The molecule has 0 aliphatic carbocycles. The zero-order chi connectivity index (χ0) is 12.1. The first-order valence-electron chi connectivity index (χ1n) is 5.40. The van der Waals surface area contributed by atoms with Crippen molar-refractivity contribution < 1.29 is 9.59 Å². The topological polar surface area (TPSA) is 75.4 Å². The molecule has 3 N–H and O–H groups in total. The van der Waals surface area contributed by atoms with Crippen molar-refractivity contribution in [1.29, 1.82) is 0 Å². The molecule has 1 aliphatic rings. The third-order valence-corrected chi connectivity index (χ3v) is 3.38. The van der Waals surface area contributed by atoms with Crippen LogP contribution in [0.2, 0.25) is 0 Å². The fourth-order valence-electron chi connectivity index (χ4n) is 1.66. The largest absolute Gasteiger partial charge is 0.353 e. The van der Waals surface area contributed by atoms with E-state index in [4.69, 9.17) is 5.73 Å². The van der Waals surface area contributed by atoms with Crippen LogP contribution in [-0.2, 0) is 9.59 Å². The number of hydrogen-bond acceptors (Lipinski definition) is 4. The Morgan fingerprint density at radius 2 is 2.44 bits per heavy atom. The van der Waals surface area contributed by atoms with Gasteiger partial charge in [0.05, 0.1) is 6.04 Å². The fraction of sp³-hybridized carbons (Fsp3) is 0.800. The van der Waals surface area contributed by atoms with E-state index in [1.54, 1.807) is 23.6 Å². The van der Waals surface area contributed by atoms with E-state index >= 15 is 0 Å². The van der Waals surface area contributed by atoms with E-state index in [0.717, 1.165) is 5.75 Å². The number of rotatable bonds is 4. The fourth-order valence-corrected chi connectivity index (χ4v) is 2.15. The summed E-state index contributed by atoms with van der Waals surface area (Å²) in [6, 6.07) is -0.887. The summed E-state index contributed by atoms with van der Waals surface area (Å²) in [4.78, 5) is 24.9. The van der Waals surface area contributed by atoms with Crippen LogP contribution in [0.15, 0.2) is 0 Å². The molecule has 16 heavy (non-hydrogen) atoms. The quantitative estimate of drug-likeness (QED) is 0.694. The average Bonchev–Trinajstić information content (AvgIpc) is 2.28. The molecule has 1 rings (SSSR count). The lowest BCUT2D eigenvalue weighted by atomic mass is 10.1. The highest BCUT2D eigenvalue weighted by Crippen LogP contribution is 2.08. The molecule has 0 aromatic heterocycles. The number of carbonyl (C=O) groups is 2. The number of hydrogen-bond donors (Lipinski definition) is 2. The van der Waals surface area contributed by atoms with Crippen molar-refractivity contribution >= 4 is 23.6 Å². The Morgan fingerprint density at radius 3 is 3.06 bits per heavy atom. The van der Waals surface area contributed by atoms with Crippen LogP contribution in [0, 0.1) is 0 Å². The van der Waals surface area contributed by atoms with Gasteiger partial charge in [-0.05, 0) is 25.4 Å². The molecule has 1 heterocycles. The maximum atomic E-state index is 12.0. The van der Waals surface area contributed by atoms with E-state index in [0.29, 0.717) is 19.5 Å². The van der Waals surface area contributed by atoms with Gasteiger partial charge in [0.2, 0.25) is 11.8 Å². The summed E-state index contributed by atoms with van der Waals surface area (Å²) < 4.78 is 0. The van der Waals surface area contributed by atoms with Crippen LogP contribution in [0.3, 0.4) is 0 Å². The molecule has 1 saturated heterocycles. The van der Waals surface area contributed by atoms with E-state index in [-0.39, 0.29) is 11.8 Å². The zero-order valence-electron chi connectivity index (χ0n) is 9.73. The van der Waals surface area contributed by atoms with E-state index < -0.39 is 12.1 Å². The number of nitrogens with one attached hydrogen (secondary N) is 1. The van der Waals surface area contributed by atoms with Gasteiger partial charge >= 0.3 is 0 Å². The third kappa shape index (κ3) is 3.12. The molecule has 1 unspecified atom stereocenters. The second-order valence-electron chi connectivity index (χ2n) is 3.89. The number of nitrogens with zero attached hydrogens (tertiary/aromatic N) is 1. The first-order valence-corrected chi connectivity index (χ1v) is 6.80. The Morgan fingerprint density at radius 1 is 1.75 bits per heavy atom. The number of piperazine rings is 1. The van der Waals surface area contributed by atoms with Gasteiger partial charge in [0.25, 0.3) is 0 Å². The summed E-state index contributed by atoms with van der Waals surface area (Å²) >= 11 is 1.67. The first-order chi connectivity index (χ1) is 7.57. The molecule has 0 bridgehead atoms. The summed E-state index contributed by atoms with van der Waals surface area (Å²) in [6.07, 6.45) is 2.64. The van der Waals surface area contributed by atoms with Crippen LogP contribution >= 0.6 is 11.8 Å². The van der Waals surface area contributed by atoms with E-state index in [2.05, 4.69) is 5.32 Å². The lowest BCUT2D eigenvalue weighted by molar-refractivity contribution is -0.143. The summed E-state index contributed by atoms with van der Waals surface area (Å²) in [7, 11) is 0. The predicted octanol–water partition coefficient (Wildman–Crippen LogP) is -0.586. The van der Waals surface area contributed by atoms with Gasteiger partial charge in [0.1, 0.15) is 6.04 Å². The molecule has 0 radical (unpaired) electrons. The molecular formula is C10H19N3O2S. The second kappa shape index (κ2) is 6.10. The highest BCUT2D eigenvalue weighted by atomic mass is 32.2. The normalized spacial score (nSPS) is 22.8. The van der Waals surface area contributed by atoms with Gasteiger partial charge in [0.15, 0.2) is 0 Å². The van der Waals surface area contributed by atoms with Gasteiger partial charge in [-0.1, -0.05) is 0 Å². The molecule has 0 spiro atoms. The second-order valence-corrected chi connectivity index (χ2v) is 4.87. The maximum Gasteiger partial charge on any atom is 0.242 e. The van der Waals surface area contributed by atoms with E-state index in [9.17, 15) is 9.59 Å². The summed E-state index contributed by atoms with van der Waals surface area (Å²) in [5.74, 6) is 0.648. The number of nitrogens with two attached hydrogens (primary N) is 1. The lowest BCUT2D eigenvalue weighted by Gasteiger charge is -2.34. The highest BCUT2D eigenvalue weighted by Gasteiger charge is 2.31. The van der Waals surface area contributed by atoms with Gasteiger partial charge in [-0.25, -0.2) is 0 Å². The van der Waals surface area contributed by atoms with Crippen LogP contribution in [0.4, 0.5) is 0 Å². The van der Waals surface area contributed by atoms with Crippen molar-refractivity contribution in [3.63, 3.8) is 0 Å². The minimum Gasteiger partial charge on any atom is -0.353 e. The summed E-state index contributed by atoms with van der Waals surface area (Å²) in [5, 5.41) is 2.72. The van der Waals surface area contributed by atoms with E-state index in [1.165, 1.54) is 0 Å². The molecule has 6 heteroatoms.